The van der Waals surface area contributed by atoms with E-state index in [1.807, 2.05) is 13.8 Å². The van der Waals surface area contributed by atoms with Crippen molar-refractivity contribution in [3.8, 4) is 0 Å². The molecule has 0 atom stereocenters. The number of rotatable bonds is 5. The summed E-state index contributed by atoms with van der Waals surface area (Å²) in [4.78, 5) is 17.6. The minimum absolute atomic E-state index is 0.0672. The van der Waals surface area contributed by atoms with Crippen molar-refractivity contribution >= 4 is 17.5 Å². The molecule has 94 valence electrons. The Balaban J connectivity index is 2.80. The Morgan fingerprint density at radius 2 is 2.24 bits per heavy atom. The Morgan fingerprint density at radius 1 is 1.53 bits per heavy atom. The summed E-state index contributed by atoms with van der Waals surface area (Å²) in [6.07, 6.45) is 1.78. The first-order chi connectivity index (χ1) is 8.06. The second kappa shape index (κ2) is 6.55. The SMILES string of the molecule is CC(C)N(CCCCl)C(=O)c1ccc(F)cn1. The lowest BCUT2D eigenvalue weighted by Gasteiger charge is -2.26. The van der Waals surface area contributed by atoms with Crippen LogP contribution in [0, 0.1) is 5.82 Å². The van der Waals surface area contributed by atoms with E-state index in [4.69, 9.17) is 11.6 Å². The highest BCUT2D eigenvalue weighted by molar-refractivity contribution is 6.17. The lowest BCUT2D eigenvalue weighted by molar-refractivity contribution is 0.0700. The molecule has 5 heteroatoms. The summed E-state index contributed by atoms with van der Waals surface area (Å²) in [6.45, 7) is 4.43. The van der Waals surface area contributed by atoms with Crippen LogP contribution < -0.4 is 0 Å². The highest BCUT2D eigenvalue weighted by Gasteiger charge is 2.19. The van der Waals surface area contributed by atoms with Crippen molar-refractivity contribution in [1.29, 1.82) is 0 Å². The fraction of sp³-hybridized carbons (Fsp3) is 0.500. The number of halogens is 2. The lowest BCUT2D eigenvalue weighted by atomic mass is 10.2. The van der Waals surface area contributed by atoms with Gasteiger partial charge < -0.3 is 4.90 Å². The number of alkyl halides is 1. The Morgan fingerprint density at radius 3 is 2.71 bits per heavy atom. The Labute approximate surface area is 106 Å². The molecular formula is C12H16ClFN2O. The molecule has 0 bridgehead atoms. The molecule has 0 fully saturated rings. The normalized spacial score (nSPS) is 10.6. The van der Waals surface area contributed by atoms with E-state index >= 15 is 0 Å². The van der Waals surface area contributed by atoms with Gasteiger partial charge in [-0.15, -0.1) is 11.6 Å². The summed E-state index contributed by atoms with van der Waals surface area (Å²) in [5.41, 5.74) is 0.259. The summed E-state index contributed by atoms with van der Waals surface area (Å²) < 4.78 is 12.7. The zero-order valence-electron chi connectivity index (χ0n) is 9.99. The molecule has 17 heavy (non-hydrogen) atoms. The number of amides is 1. The maximum absolute atomic E-state index is 12.7. The monoisotopic (exact) mass is 258 g/mol. The van der Waals surface area contributed by atoms with Crippen molar-refractivity contribution in [2.45, 2.75) is 26.3 Å². The minimum Gasteiger partial charge on any atom is -0.335 e. The topological polar surface area (TPSA) is 33.2 Å². The van der Waals surface area contributed by atoms with Crippen molar-refractivity contribution in [2.24, 2.45) is 0 Å². The van der Waals surface area contributed by atoms with Gasteiger partial charge in [-0.2, -0.15) is 0 Å². The van der Waals surface area contributed by atoms with Crippen LogP contribution in [0.1, 0.15) is 30.8 Å². The Kier molecular flexibility index (Phi) is 5.35. The van der Waals surface area contributed by atoms with Gasteiger partial charge in [-0.05, 0) is 32.4 Å². The van der Waals surface area contributed by atoms with Gasteiger partial charge in [0.15, 0.2) is 0 Å². The molecule has 0 aliphatic carbocycles. The van der Waals surface area contributed by atoms with Gasteiger partial charge in [0.2, 0.25) is 0 Å². The molecule has 0 N–H and O–H groups in total. The molecule has 1 heterocycles. The molecule has 1 rings (SSSR count). The van der Waals surface area contributed by atoms with Crippen LogP contribution >= 0.6 is 11.6 Å². The van der Waals surface area contributed by atoms with Crippen molar-refractivity contribution in [2.75, 3.05) is 12.4 Å². The molecule has 0 saturated heterocycles. The summed E-state index contributed by atoms with van der Waals surface area (Å²) in [7, 11) is 0. The van der Waals surface area contributed by atoms with Crippen LogP contribution in [-0.4, -0.2) is 34.3 Å². The third-order valence-electron chi connectivity index (χ3n) is 2.36. The van der Waals surface area contributed by atoms with E-state index in [1.165, 1.54) is 12.1 Å². The molecule has 0 spiro atoms. The second-order valence-electron chi connectivity index (χ2n) is 4.00. The first kappa shape index (κ1) is 13.9. The van der Waals surface area contributed by atoms with E-state index in [9.17, 15) is 9.18 Å². The summed E-state index contributed by atoms with van der Waals surface area (Å²) in [5.74, 6) is -0.128. The second-order valence-corrected chi connectivity index (χ2v) is 4.37. The van der Waals surface area contributed by atoms with Gasteiger partial charge in [0.05, 0.1) is 6.20 Å². The molecule has 0 saturated carbocycles. The smallest absolute Gasteiger partial charge is 0.272 e. The van der Waals surface area contributed by atoms with Crippen LogP contribution in [0.25, 0.3) is 0 Å². The summed E-state index contributed by atoms with van der Waals surface area (Å²) >= 11 is 5.62. The molecule has 1 aromatic rings. The van der Waals surface area contributed by atoms with Gasteiger partial charge in [0.25, 0.3) is 5.91 Å². The van der Waals surface area contributed by atoms with E-state index in [1.54, 1.807) is 4.90 Å². The molecule has 1 aromatic heterocycles. The number of carbonyl (C=O) groups excluding carboxylic acids is 1. The van der Waals surface area contributed by atoms with Crippen molar-refractivity contribution in [1.82, 2.24) is 9.88 Å². The predicted octanol–water partition coefficient (Wildman–Crippen LogP) is 2.70. The van der Waals surface area contributed by atoms with Crippen LogP contribution in [0.15, 0.2) is 18.3 Å². The largest absolute Gasteiger partial charge is 0.335 e. The van der Waals surface area contributed by atoms with Gasteiger partial charge in [0, 0.05) is 18.5 Å². The average Bonchev–Trinajstić information content (AvgIpc) is 2.29. The molecule has 0 radical (unpaired) electrons. The van der Waals surface area contributed by atoms with Gasteiger partial charge in [-0.25, -0.2) is 9.37 Å². The van der Waals surface area contributed by atoms with Crippen LogP contribution in [-0.2, 0) is 0 Å². The van der Waals surface area contributed by atoms with Crippen molar-refractivity contribution in [3.05, 3.63) is 29.8 Å². The lowest BCUT2D eigenvalue weighted by Crippen LogP contribution is -2.38. The maximum atomic E-state index is 12.7. The van der Waals surface area contributed by atoms with Crippen molar-refractivity contribution in [3.63, 3.8) is 0 Å². The van der Waals surface area contributed by atoms with Crippen LogP contribution in [0.2, 0.25) is 0 Å². The number of pyridine rings is 1. The van der Waals surface area contributed by atoms with Crippen LogP contribution in [0.5, 0.6) is 0 Å². The number of aromatic nitrogens is 1. The summed E-state index contributed by atoms with van der Waals surface area (Å²) in [5, 5.41) is 0. The quantitative estimate of drug-likeness (QED) is 0.761. The first-order valence-electron chi connectivity index (χ1n) is 5.54. The maximum Gasteiger partial charge on any atom is 0.272 e. The zero-order valence-corrected chi connectivity index (χ0v) is 10.7. The number of hydrogen-bond donors (Lipinski definition) is 0. The van der Waals surface area contributed by atoms with Crippen LogP contribution in [0.4, 0.5) is 4.39 Å². The fourth-order valence-corrected chi connectivity index (χ4v) is 1.59. The third kappa shape index (κ3) is 3.97. The number of nitrogens with zero attached hydrogens (tertiary/aromatic N) is 2. The summed E-state index contributed by atoms with van der Waals surface area (Å²) in [6, 6.07) is 2.70. The van der Waals surface area contributed by atoms with E-state index in [-0.39, 0.29) is 17.6 Å². The number of carbonyl (C=O) groups is 1. The van der Waals surface area contributed by atoms with Gasteiger partial charge in [-0.3, -0.25) is 4.79 Å². The fourth-order valence-electron chi connectivity index (χ4n) is 1.47. The molecule has 0 unspecified atom stereocenters. The zero-order chi connectivity index (χ0) is 12.8. The van der Waals surface area contributed by atoms with Gasteiger partial charge >= 0.3 is 0 Å². The Bertz CT molecular complexity index is 367. The predicted molar refractivity (Wildman–Crippen MR) is 65.7 cm³/mol. The molecule has 0 aromatic carbocycles. The van der Waals surface area contributed by atoms with Gasteiger partial charge in [-0.1, -0.05) is 0 Å². The average molecular weight is 259 g/mol. The van der Waals surface area contributed by atoms with Crippen molar-refractivity contribution < 1.29 is 9.18 Å². The molecule has 3 nitrogen and oxygen atoms in total. The molecular weight excluding hydrogens is 243 g/mol. The van der Waals surface area contributed by atoms with E-state index in [0.717, 1.165) is 12.6 Å². The third-order valence-corrected chi connectivity index (χ3v) is 2.63. The first-order valence-corrected chi connectivity index (χ1v) is 6.08. The molecule has 1 amide bonds. The van der Waals surface area contributed by atoms with Crippen LogP contribution in [0.3, 0.4) is 0 Å². The highest BCUT2D eigenvalue weighted by Crippen LogP contribution is 2.08. The standard InChI is InChI=1S/C12H16ClFN2O/c1-9(2)16(7-3-6-13)12(17)11-5-4-10(14)8-15-11/h4-5,8-9H,3,6-7H2,1-2H3. The highest BCUT2D eigenvalue weighted by atomic mass is 35.5. The number of hydrogen-bond acceptors (Lipinski definition) is 2. The van der Waals surface area contributed by atoms with E-state index < -0.39 is 5.82 Å². The Hall–Kier alpha value is -1.16. The molecule has 0 aliphatic rings. The van der Waals surface area contributed by atoms with E-state index in [0.29, 0.717) is 12.4 Å². The van der Waals surface area contributed by atoms with E-state index in [2.05, 4.69) is 4.98 Å². The minimum atomic E-state index is -0.446. The molecule has 0 aliphatic heterocycles. The van der Waals surface area contributed by atoms with Gasteiger partial charge in [0.1, 0.15) is 11.5 Å².